The second-order valence-electron chi connectivity index (χ2n) is 5.37. The van der Waals surface area contributed by atoms with Gasteiger partial charge in [-0.15, -0.1) is 0 Å². The summed E-state index contributed by atoms with van der Waals surface area (Å²) in [6.07, 6.45) is 6.24. The van der Waals surface area contributed by atoms with Gasteiger partial charge in [-0.3, -0.25) is 4.79 Å². The van der Waals surface area contributed by atoms with Crippen molar-refractivity contribution in [3.05, 3.63) is 29.6 Å². The summed E-state index contributed by atoms with van der Waals surface area (Å²) in [5, 5.41) is 6.56. The Kier molecular flexibility index (Phi) is 5.91. The topological polar surface area (TPSA) is 41.1 Å². The van der Waals surface area contributed by atoms with Crippen LogP contribution in [0.4, 0.5) is 10.1 Å². The predicted molar refractivity (Wildman–Crippen MR) is 87.6 cm³/mol. The minimum absolute atomic E-state index is 0.181. The molecule has 116 valence electrons. The molecule has 3 nitrogen and oxygen atoms in total. The van der Waals surface area contributed by atoms with Gasteiger partial charge in [-0.2, -0.15) is 11.8 Å². The Bertz CT molecular complexity index is 495. The molecule has 5 heteroatoms. The Balaban J connectivity index is 2.13. The SMILES string of the molecule is CCCNc1c(F)cccc1C(=O)NC1CCCC1SC. The maximum Gasteiger partial charge on any atom is 0.253 e. The molecule has 0 aliphatic heterocycles. The normalized spacial score (nSPS) is 21.3. The molecule has 1 aliphatic carbocycles. The largest absolute Gasteiger partial charge is 0.382 e. The van der Waals surface area contributed by atoms with E-state index < -0.39 is 0 Å². The number of nitrogens with one attached hydrogen (secondary N) is 2. The van der Waals surface area contributed by atoms with Crippen LogP contribution in [0, 0.1) is 5.82 Å². The van der Waals surface area contributed by atoms with Crippen LogP contribution < -0.4 is 10.6 Å². The monoisotopic (exact) mass is 310 g/mol. The van der Waals surface area contributed by atoms with Crippen molar-refractivity contribution in [1.82, 2.24) is 5.32 Å². The highest BCUT2D eigenvalue weighted by molar-refractivity contribution is 7.99. The van der Waals surface area contributed by atoms with Gasteiger partial charge in [0.15, 0.2) is 0 Å². The first-order valence-electron chi connectivity index (χ1n) is 7.53. The first kappa shape index (κ1) is 16.1. The van der Waals surface area contributed by atoms with Crippen molar-refractivity contribution in [3.8, 4) is 0 Å². The smallest absolute Gasteiger partial charge is 0.253 e. The molecule has 1 fully saturated rings. The number of para-hydroxylation sites is 1. The zero-order valence-electron chi connectivity index (χ0n) is 12.6. The fourth-order valence-corrected chi connectivity index (χ4v) is 3.70. The molecule has 0 heterocycles. The molecule has 21 heavy (non-hydrogen) atoms. The lowest BCUT2D eigenvalue weighted by Gasteiger charge is -2.20. The number of hydrogen-bond donors (Lipinski definition) is 2. The van der Waals surface area contributed by atoms with Gasteiger partial charge in [0.25, 0.3) is 5.91 Å². The molecule has 0 bridgehead atoms. The van der Waals surface area contributed by atoms with E-state index in [0.29, 0.717) is 23.0 Å². The molecule has 2 atom stereocenters. The van der Waals surface area contributed by atoms with Crippen molar-refractivity contribution < 1.29 is 9.18 Å². The molecule has 0 spiro atoms. The second kappa shape index (κ2) is 7.69. The number of hydrogen-bond acceptors (Lipinski definition) is 3. The fourth-order valence-electron chi connectivity index (χ4n) is 2.76. The Morgan fingerprint density at radius 1 is 1.43 bits per heavy atom. The van der Waals surface area contributed by atoms with Crippen molar-refractivity contribution >= 4 is 23.4 Å². The second-order valence-corrected chi connectivity index (χ2v) is 6.45. The van der Waals surface area contributed by atoms with Crippen LogP contribution >= 0.6 is 11.8 Å². The number of thioether (sulfide) groups is 1. The minimum atomic E-state index is -0.371. The van der Waals surface area contributed by atoms with Gasteiger partial charge in [0.1, 0.15) is 5.82 Å². The Labute approximate surface area is 130 Å². The Morgan fingerprint density at radius 3 is 2.95 bits per heavy atom. The summed E-state index contributed by atoms with van der Waals surface area (Å²) in [6, 6.07) is 4.84. The molecule has 0 saturated heterocycles. The third-order valence-corrected chi connectivity index (χ3v) is 5.05. The molecule has 1 aromatic rings. The van der Waals surface area contributed by atoms with Crippen LogP contribution in [-0.2, 0) is 0 Å². The maximum absolute atomic E-state index is 13.9. The third-order valence-electron chi connectivity index (χ3n) is 3.88. The quantitative estimate of drug-likeness (QED) is 0.842. The summed E-state index contributed by atoms with van der Waals surface area (Å²) in [4.78, 5) is 12.5. The lowest BCUT2D eigenvalue weighted by molar-refractivity contribution is 0.0939. The standard InChI is InChI=1S/C16H23FN2OS/c1-3-10-18-15-11(6-4-7-12(15)17)16(20)19-13-8-5-9-14(13)21-2/h4,6-7,13-14,18H,3,5,8-10H2,1-2H3,(H,19,20). The Morgan fingerprint density at radius 2 is 2.24 bits per heavy atom. The molecule has 1 saturated carbocycles. The number of carbonyl (C=O) groups is 1. The third kappa shape index (κ3) is 3.90. The van der Waals surface area contributed by atoms with Crippen molar-refractivity contribution in [2.75, 3.05) is 18.1 Å². The van der Waals surface area contributed by atoms with E-state index in [1.54, 1.807) is 23.9 Å². The van der Waals surface area contributed by atoms with E-state index in [-0.39, 0.29) is 17.8 Å². The minimum Gasteiger partial charge on any atom is -0.382 e. The van der Waals surface area contributed by atoms with Crippen LogP contribution in [0.1, 0.15) is 43.0 Å². The van der Waals surface area contributed by atoms with Gasteiger partial charge in [0.2, 0.25) is 0 Å². The zero-order chi connectivity index (χ0) is 15.2. The first-order chi connectivity index (χ1) is 10.2. The molecule has 1 amide bonds. The van der Waals surface area contributed by atoms with Gasteiger partial charge >= 0.3 is 0 Å². The molecule has 2 N–H and O–H groups in total. The number of benzene rings is 1. The van der Waals surface area contributed by atoms with Crippen molar-refractivity contribution in [1.29, 1.82) is 0 Å². The summed E-state index contributed by atoms with van der Waals surface area (Å²) >= 11 is 1.79. The van der Waals surface area contributed by atoms with Crippen LogP contribution in [0.2, 0.25) is 0 Å². The molecule has 0 aromatic heterocycles. The number of amides is 1. The average molecular weight is 310 g/mol. The highest BCUT2D eigenvalue weighted by Crippen LogP contribution is 2.29. The van der Waals surface area contributed by atoms with Gasteiger partial charge in [-0.1, -0.05) is 19.4 Å². The van der Waals surface area contributed by atoms with Crippen LogP contribution in [0.3, 0.4) is 0 Å². The molecule has 2 unspecified atom stereocenters. The van der Waals surface area contributed by atoms with Crippen LogP contribution in [0.25, 0.3) is 0 Å². The number of rotatable bonds is 6. The highest BCUT2D eigenvalue weighted by Gasteiger charge is 2.28. The summed E-state index contributed by atoms with van der Waals surface area (Å²) < 4.78 is 13.9. The van der Waals surface area contributed by atoms with Crippen LogP contribution in [-0.4, -0.2) is 30.0 Å². The highest BCUT2D eigenvalue weighted by atomic mass is 32.2. The van der Waals surface area contributed by atoms with E-state index in [4.69, 9.17) is 0 Å². The summed E-state index contributed by atoms with van der Waals surface area (Å²) in [6.45, 7) is 2.66. The van der Waals surface area contributed by atoms with E-state index >= 15 is 0 Å². The molecule has 0 radical (unpaired) electrons. The van der Waals surface area contributed by atoms with Gasteiger partial charge < -0.3 is 10.6 Å². The number of carbonyl (C=O) groups excluding carboxylic acids is 1. The molecular weight excluding hydrogens is 287 g/mol. The van der Waals surface area contributed by atoms with E-state index in [1.807, 2.05) is 6.92 Å². The van der Waals surface area contributed by atoms with Gasteiger partial charge in [-0.25, -0.2) is 4.39 Å². The average Bonchev–Trinajstić information content (AvgIpc) is 2.92. The lowest BCUT2D eigenvalue weighted by Crippen LogP contribution is -2.39. The van der Waals surface area contributed by atoms with Crippen molar-refractivity contribution in [3.63, 3.8) is 0 Å². The molecule has 1 aliphatic rings. The Hall–Kier alpha value is -1.23. The van der Waals surface area contributed by atoms with E-state index in [0.717, 1.165) is 25.7 Å². The first-order valence-corrected chi connectivity index (χ1v) is 8.82. The molecule has 1 aromatic carbocycles. The molecular formula is C16H23FN2OS. The maximum atomic E-state index is 13.9. The fraction of sp³-hybridized carbons (Fsp3) is 0.562. The summed E-state index contributed by atoms with van der Waals surface area (Å²) in [7, 11) is 0. The van der Waals surface area contributed by atoms with E-state index in [9.17, 15) is 9.18 Å². The summed E-state index contributed by atoms with van der Waals surface area (Å²) in [5.41, 5.74) is 0.714. The van der Waals surface area contributed by atoms with Gasteiger partial charge in [0, 0.05) is 17.8 Å². The van der Waals surface area contributed by atoms with Gasteiger partial charge in [-0.05, 0) is 37.7 Å². The lowest BCUT2D eigenvalue weighted by atomic mass is 10.1. The zero-order valence-corrected chi connectivity index (χ0v) is 13.4. The van der Waals surface area contributed by atoms with Crippen LogP contribution in [0.5, 0.6) is 0 Å². The number of halogens is 1. The van der Waals surface area contributed by atoms with E-state index in [1.165, 1.54) is 6.07 Å². The van der Waals surface area contributed by atoms with Gasteiger partial charge in [0.05, 0.1) is 11.3 Å². The number of anilines is 1. The van der Waals surface area contributed by atoms with Crippen molar-refractivity contribution in [2.45, 2.75) is 43.9 Å². The van der Waals surface area contributed by atoms with E-state index in [2.05, 4.69) is 16.9 Å². The summed E-state index contributed by atoms with van der Waals surface area (Å²) in [5.74, 6) is -0.553. The van der Waals surface area contributed by atoms with Crippen LogP contribution in [0.15, 0.2) is 18.2 Å². The predicted octanol–water partition coefficient (Wildman–Crippen LogP) is 3.66. The van der Waals surface area contributed by atoms with Crippen molar-refractivity contribution in [2.24, 2.45) is 0 Å². The molecule has 2 rings (SSSR count).